The molecule has 2 atom stereocenters. The number of nitriles is 1. The highest BCUT2D eigenvalue weighted by Gasteiger charge is 2.43. The second kappa shape index (κ2) is 3.93. The predicted octanol–water partition coefficient (Wildman–Crippen LogP) is 2.03. The summed E-state index contributed by atoms with van der Waals surface area (Å²) in [6.07, 6.45) is 4.43. The van der Waals surface area contributed by atoms with E-state index in [2.05, 4.69) is 12.6 Å². The standard InChI is InChI=1S/C11H14N2O2/c1-2-15-11(14)13-9-3-4-10(13)6-8(5-9)7-12/h2,8-10H,1,3-6H2. The number of hydrogen-bond donors (Lipinski definition) is 0. The van der Waals surface area contributed by atoms with Crippen molar-refractivity contribution < 1.29 is 9.53 Å². The van der Waals surface area contributed by atoms with Crippen molar-refractivity contribution >= 4 is 6.09 Å². The first-order valence-electron chi connectivity index (χ1n) is 5.25. The van der Waals surface area contributed by atoms with Gasteiger partial charge in [0.1, 0.15) is 0 Å². The van der Waals surface area contributed by atoms with E-state index in [4.69, 9.17) is 10.00 Å². The maximum Gasteiger partial charge on any atom is 0.415 e. The zero-order chi connectivity index (χ0) is 10.8. The van der Waals surface area contributed by atoms with Gasteiger partial charge in [-0.3, -0.25) is 0 Å². The van der Waals surface area contributed by atoms with Gasteiger partial charge in [0, 0.05) is 12.1 Å². The van der Waals surface area contributed by atoms with Crippen LogP contribution in [0.4, 0.5) is 4.79 Å². The minimum absolute atomic E-state index is 0.107. The van der Waals surface area contributed by atoms with Crippen LogP contribution < -0.4 is 0 Å². The van der Waals surface area contributed by atoms with Gasteiger partial charge in [-0.1, -0.05) is 6.58 Å². The number of amides is 1. The quantitative estimate of drug-likeness (QED) is 0.617. The Bertz CT molecular complexity index is 307. The zero-order valence-electron chi connectivity index (χ0n) is 8.56. The number of piperidine rings is 1. The van der Waals surface area contributed by atoms with Gasteiger partial charge in [-0.15, -0.1) is 0 Å². The number of hydrogen-bond acceptors (Lipinski definition) is 3. The van der Waals surface area contributed by atoms with Crippen molar-refractivity contribution in [2.24, 2.45) is 5.92 Å². The Balaban J connectivity index is 2.08. The second-order valence-electron chi connectivity index (χ2n) is 4.14. The summed E-state index contributed by atoms with van der Waals surface area (Å²) in [5, 5.41) is 8.88. The molecule has 80 valence electrons. The van der Waals surface area contributed by atoms with Crippen LogP contribution in [0.25, 0.3) is 0 Å². The van der Waals surface area contributed by atoms with Crippen molar-refractivity contribution in [3.8, 4) is 6.07 Å². The van der Waals surface area contributed by atoms with Gasteiger partial charge in [0.25, 0.3) is 0 Å². The Morgan fingerprint density at radius 3 is 2.53 bits per heavy atom. The van der Waals surface area contributed by atoms with Gasteiger partial charge in [-0.2, -0.15) is 5.26 Å². The van der Waals surface area contributed by atoms with E-state index in [-0.39, 0.29) is 24.1 Å². The normalized spacial score (nSPS) is 33.3. The number of nitrogens with zero attached hydrogens (tertiary/aromatic N) is 2. The third-order valence-electron chi connectivity index (χ3n) is 3.31. The molecule has 2 saturated heterocycles. The van der Waals surface area contributed by atoms with Crippen molar-refractivity contribution in [3.05, 3.63) is 12.8 Å². The summed E-state index contributed by atoms with van der Waals surface area (Å²) in [5.74, 6) is 0.107. The summed E-state index contributed by atoms with van der Waals surface area (Å²) in [4.78, 5) is 13.4. The van der Waals surface area contributed by atoms with Gasteiger partial charge < -0.3 is 9.64 Å². The number of fused-ring (bicyclic) bond motifs is 2. The maximum atomic E-state index is 11.6. The average Bonchev–Trinajstić information content (AvgIpc) is 2.50. The molecule has 2 unspecified atom stereocenters. The molecule has 15 heavy (non-hydrogen) atoms. The molecule has 2 fully saturated rings. The third-order valence-corrected chi connectivity index (χ3v) is 3.31. The summed E-state index contributed by atoms with van der Waals surface area (Å²) < 4.78 is 4.80. The minimum Gasteiger partial charge on any atom is -0.419 e. The Kier molecular flexibility index (Phi) is 2.63. The van der Waals surface area contributed by atoms with Crippen molar-refractivity contribution in [2.45, 2.75) is 37.8 Å². The molecule has 0 aliphatic carbocycles. The van der Waals surface area contributed by atoms with Crippen molar-refractivity contribution in [1.82, 2.24) is 4.90 Å². The molecule has 2 heterocycles. The topological polar surface area (TPSA) is 53.3 Å². The van der Waals surface area contributed by atoms with Crippen LogP contribution in [0, 0.1) is 17.2 Å². The molecule has 0 saturated carbocycles. The molecule has 0 N–H and O–H groups in total. The third kappa shape index (κ3) is 1.70. The molecule has 2 aliphatic heterocycles. The summed E-state index contributed by atoms with van der Waals surface area (Å²) in [6, 6.07) is 2.69. The van der Waals surface area contributed by atoms with Gasteiger partial charge in [0.15, 0.2) is 0 Å². The van der Waals surface area contributed by atoms with E-state index < -0.39 is 0 Å². The van der Waals surface area contributed by atoms with Crippen molar-refractivity contribution in [1.29, 1.82) is 5.26 Å². The van der Waals surface area contributed by atoms with Gasteiger partial charge >= 0.3 is 6.09 Å². The second-order valence-corrected chi connectivity index (χ2v) is 4.14. The molecule has 0 spiro atoms. The lowest BCUT2D eigenvalue weighted by Gasteiger charge is -2.35. The molecule has 2 rings (SSSR count). The molecule has 0 radical (unpaired) electrons. The fourth-order valence-electron chi connectivity index (χ4n) is 2.71. The largest absolute Gasteiger partial charge is 0.419 e. The number of rotatable bonds is 1. The van der Waals surface area contributed by atoms with Gasteiger partial charge in [-0.25, -0.2) is 4.79 Å². The molecule has 1 amide bonds. The zero-order valence-corrected chi connectivity index (χ0v) is 8.56. The molecule has 2 aliphatic rings. The smallest absolute Gasteiger partial charge is 0.415 e. The average molecular weight is 206 g/mol. The molecule has 4 heteroatoms. The van der Waals surface area contributed by atoms with E-state index in [0.29, 0.717) is 0 Å². The van der Waals surface area contributed by atoms with E-state index in [0.717, 1.165) is 31.9 Å². The van der Waals surface area contributed by atoms with Crippen LogP contribution in [-0.4, -0.2) is 23.1 Å². The van der Waals surface area contributed by atoms with Gasteiger partial charge in [0.2, 0.25) is 0 Å². The molecule has 0 aromatic carbocycles. The molecule has 0 aromatic rings. The van der Waals surface area contributed by atoms with Crippen molar-refractivity contribution in [2.75, 3.05) is 0 Å². The number of carbonyl (C=O) groups excluding carboxylic acids is 1. The lowest BCUT2D eigenvalue weighted by atomic mass is 9.92. The fourth-order valence-corrected chi connectivity index (χ4v) is 2.71. The van der Waals surface area contributed by atoms with Crippen molar-refractivity contribution in [3.63, 3.8) is 0 Å². The van der Waals surface area contributed by atoms with Crippen LogP contribution in [0.1, 0.15) is 25.7 Å². The molecule has 2 bridgehead atoms. The van der Waals surface area contributed by atoms with Crippen LogP contribution in [0.5, 0.6) is 0 Å². The first-order valence-corrected chi connectivity index (χ1v) is 5.25. The first-order chi connectivity index (χ1) is 7.26. The van der Waals surface area contributed by atoms with E-state index in [9.17, 15) is 4.79 Å². The van der Waals surface area contributed by atoms with E-state index >= 15 is 0 Å². The van der Waals surface area contributed by atoms with Crippen LogP contribution >= 0.6 is 0 Å². The Morgan fingerprint density at radius 2 is 2.07 bits per heavy atom. The van der Waals surface area contributed by atoms with Gasteiger partial charge in [-0.05, 0) is 25.7 Å². The van der Waals surface area contributed by atoms with E-state index in [1.54, 1.807) is 4.90 Å². The summed E-state index contributed by atoms with van der Waals surface area (Å²) in [7, 11) is 0. The van der Waals surface area contributed by atoms with E-state index in [1.165, 1.54) is 0 Å². The lowest BCUT2D eigenvalue weighted by molar-refractivity contribution is 0.0883. The van der Waals surface area contributed by atoms with Crippen LogP contribution in [0.3, 0.4) is 0 Å². The van der Waals surface area contributed by atoms with E-state index in [1.807, 2.05) is 0 Å². The Labute approximate surface area is 89.1 Å². The molecular weight excluding hydrogens is 192 g/mol. The summed E-state index contributed by atoms with van der Waals surface area (Å²) in [6.45, 7) is 3.38. The maximum absolute atomic E-state index is 11.6. The molecule has 4 nitrogen and oxygen atoms in total. The predicted molar refractivity (Wildman–Crippen MR) is 53.7 cm³/mol. The summed E-state index contributed by atoms with van der Waals surface area (Å²) in [5.41, 5.74) is 0. The number of carbonyl (C=O) groups is 1. The van der Waals surface area contributed by atoms with Crippen LogP contribution in [-0.2, 0) is 4.74 Å². The number of ether oxygens (including phenoxy) is 1. The monoisotopic (exact) mass is 206 g/mol. The minimum atomic E-state index is -0.311. The molecular formula is C11H14N2O2. The van der Waals surface area contributed by atoms with Crippen LogP contribution in [0.15, 0.2) is 12.8 Å². The first kappa shape index (κ1) is 10.0. The van der Waals surface area contributed by atoms with Gasteiger partial charge in [0.05, 0.1) is 18.2 Å². The fraction of sp³-hybridized carbons (Fsp3) is 0.636. The highest BCUT2D eigenvalue weighted by Crippen LogP contribution is 2.38. The molecule has 0 aromatic heterocycles. The summed E-state index contributed by atoms with van der Waals surface area (Å²) >= 11 is 0. The Hall–Kier alpha value is -1.50. The highest BCUT2D eigenvalue weighted by atomic mass is 16.5. The Morgan fingerprint density at radius 1 is 1.47 bits per heavy atom. The SMILES string of the molecule is C=COC(=O)N1C2CCC1CC(C#N)C2. The highest BCUT2D eigenvalue weighted by molar-refractivity contribution is 5.69. The van der Waals surface area contributed by atoms with Crippen LogP contribution in [0.2, 0.25) is 0 Å². The lowest BCUT2D eigenvalue weighted by Crippen LogP contribution is -2.46.